The van der Waals surface area contributed by atoms with E-state index in [1.54, 1.807) is 12.2 Å². The van der Waals surface area contributed by atoms with Crippen LogP contribution in [0.5, 0.6) is 11.5 Å². The van der Waals surface area contributed by atoms with Gasteiger partial charge in [-0.25, -0.2) is 0 Å². The normalized spacial score (nSPS) is 13.2. The molecule has 2 unspecified atom stereocenters. The Morgan fingerprint density at radius 3 is 1.15 bits per heavy atom. The van der Waals surface area contributed by atoms with Crippen molar-refractivity contribution in [3.8, 4) is 11.5 Å². The Morgan fingerprint density at radius 1 is 0.585 bits per heavy atom. The van der Waals surface area contributed by atoms with Crippen molar-refractivity contribution in [3.63, 3.8) is 0 Å². The van der Waals surface area contributed by atoms with Gasteiger partial charge in [0, 0.05) is 23.3 Å². The van der Waals surface area contributed by atoms with Crippen LogP contribution in [-0.2, 0) is 14.9 Å². The largest absolute Gasteiger partial charge is 0.488 e. The molecule has 0 fully saturated rings. The van der Waals surface area contributed by atoms with Crippen LogP contribution in [0.4, 0.5) is 0 Å². The molecule has 0 aromatic heterocycles. The van der Waals surface area contributed by atoms with Crippen LogP contribution in [0.15, 0.2) is 61.1 Å². The van der Waals surface area contributed by atoms with Crippen LogP contribution in [0.25, 0.3) is 0 Å². The molecular weight excluding hydrogens is 1060 g/mol. The molecule has 6 nitrogen and oxygen atoms in total. The van der Waals surface area contributed by atoms with E-state index in [1.165, 1.54) is 0 Å². The van der Waals surface area contributed by atoms with E-state index in [9.17, 15) is 10.2 Å². The van der Waals surface area contributed by atoms with Crippen molar-refractivity contribution in [3.05, 3.63) is 72.2 Å². The van der Waals surface area contributed by atoms with Gasteiger partial charge < -0.3 is 29.2 Å². The van der Waals surface area contributed by atoms with Crippen LogP contribution < -0.4 is 9.47 Å². The first-order valence-corrected chi connectivity index (χ1v) is 18.3. The molecule has 0 aliphatic carbocycles. The molecule has 228 valence electrons. The number of rotatable bonds is 16. The van der Waals surface area contributed by atoms with E-state index in [-0.39, 0.29) is 26.4 Å². The minimum absolute atomic E-state index is 0.0312. The van der Waals surface area contributed by atoms with E-state index >= 15 is 0 Å². The Morgan fingerprint density at radius 2 is 0.878 bits per heavy atom. The maximum Gasteiger partial charge on any atom is 0.150 e. The van der Waals surface area contributed by atoms with E-state index in [0.717, 1.165) is 29.0 Å². The Balaban J connectivity index is 2.47. The second-order valence-electron chi connectivity index (χ2n) is 9.13. The van der Waals surface area contributed by atoms with E-state index in [4.69, 9.17) is 18.9 Å². The first-order chi connectivity index (χ1) is 19.2. The van der Waals surface area contributed by atoms with Gasteiger partial charge in [0.1, 0.15) is 36.9 Å². The first kappa shape index (κ1) is 38.4. The van der Waals surface area contributed by atoms with Crippen LogP contribution in [0.3, 0.4) is 0 Å². The van der Waals surface area contributed by atoms with Gasteiger partial charge in [-0.05, 0) is 139 Å². The minimum Gasteiger partial charge on any atom is -0.488 e. The van der Waals surface area contributed by atoms with E-state index < -0.39 is 17.6 Å². The number of halogens is 8. The fourth-order valence-electron chi connectivity index (χ4n) is 3.73. The highest BCUT2D eigenvalue weighted by Crippen LogP contribution is 2.56. The van der Waals surface area contributed by atoms with Crippen molar-refractivity contribution in [2.45, 2.75) is 31.5 Å². The summed E-state index contributed by atoms with van der Waals surface area (Å²) in [5, 5.41) is 20.5. The third-order valence-electron chi connectivity index (χ3n) is 5.63. The summed E-state index contributed by atoms with van der Waals surface area (Å²) in [6.07, 6.45) is 1.61. The van der Waals surface area contributed by atoms with E-state index in [2.05, 4.69) is 154 Å². The summed E-state index contributed by atoms with van der Waals surface area (Å²) < 4.78 is 28.3. The zero-order valence-electron chi connectivity index (χ0n) is 22.0. The second-order valence-corrected chi connectivity index (χ2v) is 15.5. The highest BCUT2D eigenvalue weighted by molar-refractivity contribution is 9.14. The van der Waals surface area contributed by atoms with Crippen LogP contribution in [-0.4, -0.2) is 62.1 Å². The zero-order valence-corrected chi connectivity index (χ0v) is 34.7. The lowest BCUT2D eigenvalue weighted by atomic mass is 9.78. The van der Waals surface area contributed by atoms with Crippen molar-refractivity contribution >= 4 is 127 Å². The maximum absolute atomic E-state index is 10.3. The molecular formula is C27H28Br8O6. The van der Waals surface area contributed by atoms with Crippen LogP contribution in [0.2, 0.25) is 0 Å². The van der Waals surface area contributed by atoms with Crippen molar-refractivity contribution in [1.29, 1.82) is 0 Å². The second kappa shape index (κ2) is 17.8. The summed E-state index contributed by atoms with van der Waals surface area (Å²) in [4.78, 5) is 0. The molecule has 0 aliphatic rings. The van der Waals surface area contributed by atoms with E-state index in [0.29, 0.717) is 42.6 Å². The summed E-state index contributed by atoms with van der Waals surface area (Å²) in [5.74, 6) is 1.04. The Hall–Kier alpha value is 1.20. The Labute approximate surface area is 308 Å². The highest BCUT2D eigenvalue weighted by Gasteiger charge is 2.37. The number of benzene rings is 2. The predicted molar refractivity (Wildman–Crippen MR) is 192 cm³/mol. The van der Waals surface area contributed by atoms with Gasteiger partial charge in [-0.3, -0.25) is 0 Å². The molecule has 0 heterocycles. The number of hydrogen-bond donors (Lipinski definition) is 2. The van der Waals surface area contributed by atoms with Gasteiger partial charge in [-0.15, -0.1) is 13.2 Å². The predicted octanol–water partition coefficient (Wildman–Crippen LogP) is 10.00. The van der Waals surface area contributed by atoms with Gasteiger partial charge in [0.2, 0.25) is 0 Å². The monoisotopic (exact) mass is 1080 g/mol. The molecule has 0 bridgehead atoms. The molecule has 2 atom stereocenters. The number of hydrogen-bond acceptors (Lipinski definition) is 6. The van der Waals surface area contributed by atoms with Gasteiger partial charge in [-0.2, -0.15) is 0 Å². The lowest BCUT2D eigenvalue weighted by molar-refractivity contribution is 0.0210. The molecule has 0 radical (unpaired) electrons. The molecule has 14 heteroatoms. The number of ether oxygens (including phenoxy) is 4. The fourth-order valence-corrected chi connectivity index (χ4v) is 10.3. The molecule has 41 heavy (non-hydrogen) atoms. The fraction of sp³-hybridized carbons (Fsp3) is 0.407. The average Bonchev–Trinajstić information content (AvgIpc) is 2.91. The van der Waals surface area contributed by atoms with Crippen molar-refractivity contribution in [2.75, 3.05) is 39.6 Å². The Kier molecular flexibility index (Phi) is 16.6. The van der Waals surface area contributed by atoms with Crippen molar-refractivity contribution < 1.29 is 29.2 Å². The standard InChI is InChI=1S/C27H28Br8O6/c1-5-7-38-9-13(36)11-40-25-21(32)17(28)15(18(29)22(25)33)27(3,4)16-19(30)23(34)26(24(35)20(16)31)41-12-14(37)10-39-8-6-2/h5-6,13-14,36-37H,1-2,7-12H2,3-4H3. The van der Waals surface area contributed by atoms with E-state index in [1.807, 2.05) is 0 Å². The average molecular weight is 1090 g/mol. The molecule has 2 rings (SSSR count). The van der Waals surface area contributed by atoms with Gasteiger partial charge in [-0.1, -0.05) is 26.0 Å². The topological polar surface area (TPSA) is 77.4 Å². The third kappa shape index (κ3) is 9.60. The molecule has 0 saturated heterocycles. The van der Waals surface area contributed by atoms with Gasteiger partial charge in [0.25, 0.3) is 0 Å². The Bertz CT molecular complexity index is 1100. The maximum atomic E-state index is 10.3. The molecule has 2 aromatic carbocycles. The summed E-state index contributed by atoms with van der Waals surface area (Å²) in [6.45, 7) is 12.4. The summed E-state index contributed by atoms with van der Waals surface area (Å²) in [6, 6.07) is 0. The molecule has 0 aliphatic heterocycles. The van der Waals surface area contributed by atoms with Crippen LogP contribution in [0, 0.1) is 0 Å². The number of aliphatic hydroxyl groups excluding tert-OH is 2. The third-order valence-corrected chi connectivity index (χ3v) is 14.0. The first-order valence-electron chi connectivity index (χ1n) is 11.9. The molecule has 2 N–H and O–H groups in total. The van der Waals surface area contributed by atoms with Crippen molar-refractivity contribution in [1.82, 2.24) is 0 Å². The van der Waals surface area contributed by atoms with Gasteiger partial charge in [0.15, 0.2) is 0 Å². The number of aliphatic hydroxyl groups is 2. The highest BCUT2D eigenvalue weighted by atomic mass is 79.9. The smallest absolute Gasteiger partial charge is 0.150 e. The van der Waals surface area contributed by atoms with Gasteiger partial charge >= 0.3 is 0 Å². The van der Waals surface area contributed by atoms with Crippen LogP contribution in [0.1, 0.15) is 25.0 Å². The molecule has 0 spiro atoms. The quantitative estimate of drug-likeness (QED) is 0.0992. The molecule has 2 aromatic rings. The minimum atomic E-state index is -0.814. The molecule has 0 amide bonds. The summed E-state index contributed by atoms with van der Waals surface area (Å²) >= 11 is 29.8. The van der Waals surface area contributed by atoms with Crippen molar-refractivity contribution in [2.24, 2.45) is 0 Å². The zero-order chi connectivity index (χ0) is 31.1. The lowest BCUT2D eigenvalue weighted by Gasteiger charge is -2.33. The van der Waals surface area contributed by atoms with Crippen LogP contribution >= 0.6 is 127 Å². The SMILES string of the molecule is C=CCOCC(O)COc1c(Br)c(Br)c(C(C)(C)c2c(Br)c(Br)c(OCC(O)COCC=C)c(Br)c2Br)c(Br)c1Br. The lowest BCUT2D eigenvalue weighted by Crippen LogP contribution is -2.25. The van der Waals surface area contributed by atoms with Gasteiger partial charge in [0.05, 0.1) is 44.3 Å². The molecule has 0 saturated carbocycles. The summed E-state index contributed by atoms with van der Waals surface area (Å²) in [5.41, 5.74) is 1.22. The summed E-state index contributed by atoms with van der Waals surface area (Å²) in [7, 11) is 0.